The Morgan fingerprint density at radius 2 is 0.535 bits per heavy atom. The van der Waals surface area contributed by atoms with Crippen molar-refractivity contribution in [2.75, 3.05) is 0 Å². The lowest BCUT2D eigenvalue weighted by molar-refractivity contribution is -0.302. The van der Waals surface area contributed by atoms with E-state index in [-0.39, 0.29) is 0 Å². The summed E-state index contributed by atoms with van der Waals surface area (Å²) in [5, 5.41) is 16.4. The van der Waals surface area contributed by atoms with Crippen LogP contribution in [0.5, 0.6) is 0 Å². The second-order valence-corrected chi connectivity index (χ2v) is 16.2. The third-order valence-corrected chi connectivity index (χ3v) is 15.5. The molecular formula is C38H33NO2P2. The summed E-state index contributed by atoms with van der Waals surface area (Å²) in [5.74, 6) is -1.08. The molecule has 0 atom stereocenters. The number of benzene rings is 6. The van der Waals surface area contributed by atoms with Crippen LogP contribution in [0.2, 0.25) is 0 Å². The molecule has 0 spiro atoms. The lowest BCUT2D eigenvalue weighted by Crippen LogP contribution is -2.31. The highest BCUT2D eigenvalue weighted by Crippen LogP contribution is 2.50. The lowest BCUT2D eigenvalue weighted by Gasteiger charge is -2.20. The van der Waals surface area contributed by atoms with Gasteiger partial charge in [0.25, 0.3) is 0 Å². The van der Waals surface area contributed by atoms with Gasteiger partial charge >= 0.3 is 14.1 Å². The summed E-state index contributed by atoms with van der Waals surface area (Å²) in [6.07, 6.45) is 0. The van der Waals surface area contributed by atoms with Crippen LogP contribution in [-0.2, 0) is 4.79 Å². The van der Waals surface area contributed by atoms with Crippen LogP contribution in [0.3, 0.4) is 0 Å². The van der Waals surface area contributed by atoms with E-state index in [1.165, 1.54) is 31.8 Å². The molecule has 43 heavy (non-hydrogen) atoms. The van der Waals surface area contributed by atoms with Crippen LogP contribution in [0.1, 0.15) is 6.92 Å². The molecule has 6 rings (SSSR count). The van der Waals surface area contributed by atoms with Gasteiger partial charge in [-0.2, -0.15) is 0 Å². The minimum absolute atomic E-state index is 0.972. The van der Waals surface area contributed by atoms with Crippen LogP contribution in [0, 0.1) is 0 Å². The second kappa shape index (κ2) is 14.0. The van der Waals surface area contributed by atoms with Crippen molar-refractivity contribution in [3.63, 3.8) is 0 Å². The number of carbonyl (C=O) groups excluding carboxylic acids is 1. The largest absolute Gasteiger partial charge is 0.550 e. The van der Waals surface area contributed by atoms with Crippen LogP contribution in [0.15, 0.2) is 182 Å². The van der Waals surface area contributed by atoms with Crippen molar-refractivity contribution in [2.24, 2.45) is 0 Å². The minimum atomic E-state index is -2.50. The fourth-order valence-corrected chi connectivity index (χ4v) is 14.8. The third-order valence-electron chi connectivity index (χ3n) is 7.05. The topological polar surface area (TPSA) is 54.2 Å². The molecule has 0 radical (unpaired) electrons. The molecule has 6 aromatic rings. The number of hydrogen-bond acceptors (Lipinski definition) is 2. The molecule has 3 nitrogen and oxygen atoms in total. The van der Waals surface area contributed by atoms with Crippen molar-refractivity contribution in [1.29, 1.82) is 0 Å². The summed E-state index contributed by atoms with van der Waals surface area (Å²) in [6, 6.07) is 65.7. The smallest absolute Gasteiger partial charge is 0.301 e. The van der Waals surface area contributed by atoms with Gasteiger partial charge in [-0.15, -0.1) is 4.17 Å². The Balaban J connectivity index is 0.000000868. The summed E-state index contributed by atoms with van der Waals surface area (Å²) >= 11 is 0. The Morgan fingerprint density at radius 1 is 0.395 bits per heavy atom. The lowest BCUT2D eigenvalue weighted by atomic mass is 10.4. The predicted molar refractivity (Wildman–Crippen MR) is 183 cm³/mol. The second-order valence-electron chi connectivity index (χ2n) is 9.87. The fraction of sp³-hybridized carbons (Fsp3) is 0.0263. The van der Waals surface area contributed by atoms with Crippen molar-refractivity contribution in [2.45, 2.75) is 6.92 Å². The number of nitrogens with zero attached hydrogens (tertiary/aromatic N) is 1. The van der Waals surface area contributed by atoms with Gasteiger partial charge in [0.15, 0.2) is 0 Å². The number of hydrogen-bond donors (Lipinski definition) is 0. The molecule has 0 N–H and O–H groups in total. The van der Waals surface area contributed by atoms with Crippen LogP contribution in [0.25, 0.3) is 0 Å². The summed E-state index contributed by atoms with van der Waals surface area (Å²) in [5.41, 5.74) is 0. The van der Waals surface area contributed by atoms with Crippen molar-refractivity contribution < 1.29 is 9.90 Å². The molecule has 0 aliphatic carbocycles. The first-order valence-corrected chi connectivity index (χ1v) is 17.6. The minimum Gasteiger partial charge on any atom is -0.550 e. The van der Waals surface area contributed by atoms with E-state index < -0.39 is 20.1 Å². The molecule has 0 amide bonds. The SMILES string of the molecule is CC(=O)[O-].c1ccc(P(=[N+]=P(c2ccccc2)(c2ccccc2)c2ccccc2)(c2ccccc2)c2ccccc2)cc1. The summed E-state index contributed by atoms with van der Waals surface area (Å²) in [7, 11) is -4.99. The van der Waals surface area contributed by atoms with Gasteiger partial charge in [0, 0.05) is 5.97 Å². The molecule has 0 saturated heterocycles. The average Bonchev–Trinajstić information content (AvgIpc) is 3.08. The Morgan fingerprint density at radius 3 is 0.674 bits per heavy atom. The van der Waals surface area contributed by atoms with Gasteiger partial charge in [-0.1, -0.05) is 109 Å². The Bertz CT molecular complexity index is 1530. The molecule has 0 bridgehead atoms. The molecule has 0 unspecified atom stereocenters. The standard InChI is InChI=1S/C36H30NP2.C2H4O2/c1-7-19-31(20-8-1)38(32-21-9-2-10-22-32,33-23-11-3-12-24-33)37-39(34-25-13-4-14-26-34,35-27-15-5-16-28-35)36-29-17-6-18-30-36;1-2(3)4/h1-30H;1H3,(H,3,4)/q+1;/p-1. The molecule has 0 aliphatic heterocycles. The van der Waals surface area contributed by atoms with E-state index in [1.54, 1.807) is 0 Å². The maximum atomic E-state index is 8.89. The first kappa shape index (κ1) is 29.8. The Labute approximate surface area is 254 Å². The van der Waals surface area contributed by atoms with Crippen LogP contribution < -0.4 is 41.1 Å². The van der Waals surface area contributed by atoms with Gasteiger partial charge < -0.3 is 9.90 Å². The van der Waals surface area contributed by atoms with Crippen molar-refractivity contribution >= 4 is 51.9 Å². The quantitative estimate of drug-likeness (QED) is 0.197. The summed E-state index contributed by atoms with van der Waals surface area (Å²) in [4.78, 5) is 8.89. The zero-order valence-corrected chi connectivity index (χ0v) is 25.8. The molecule has 5 heteroatoms. The zero-order chi connectivity index (χ0) is 30.0. The van der Waals surface area contributed by atoms with E-state index in [2.05, 4.69) is 182 Å². The van der Waals surface area contributed by atoms with Gasteiger partial charge in [-0.25, -0.2) is 0 Å². The highest BCUT2D eigenvalue weighted by atomic mass is 31.2. The van der Waals surface area contributed by atoms with Crippen LogP contribution in [-0.4, -0.2) is 5.97 Å². The number of carboxylic acids is 1. The van der Waals surface area contributed by atoms with Gasteiger partial charge in [0.2, 0.25) is 0 Å². The van der Waals surface area contributed by atoms with E-state index in [9.17, 15) is 0 Å². The molecule has 6 aromatic carbocycles. The average molecular weight is 598 g/mol. The van der Waals surface area contributed by atoms with E-state index >= 15 is 0 Å². The van der Waals surface area contributed by atoms with Crippen molar-refractivity contribution in [3.8, 4) is 0 Å². The van der Waals surface area contributed by atoms with Gasteiger partial charge in [-0.05, 0) is 79.7 Å². The van der Waals surface area contributed by atoms with E-state index in [0.29, 0.717) is 0 Å². The number of carbonyl (C=O) groups is 1. The highest BCUT2D eigenvalue weighted by Gasteiger charge is 2.44. The van der Waals surface area contributed by atoms with E-state index in [1.807, 2.05) is 0 Å². The van der Waals surface area contributed by atoms with Gasteiger partial charge in [0.05, 0.1) is 31.8 Å². The van der Waals surface area contributed by atoms with Gasteiger partial charge in [-0.3, -0.25) is 0 Å². The molecule has 0 saturated carbocycles. The zero-order valence-electron chi connectivity index (χ0n) is 24.0. The highest BCUT2D eigenvalue weighted by molar-refractivity contribution is 7.93. The molecule has 0 fully saturated rings. The first-order valence-electron chi connectivity index (χ1n) is 14.1. The summed E-state index contributed by atoms with van der Waals surface area (Å²) < 4.78 is 6.38. The predicted octanol–water partition coefficient (Wildman–Crippen LogP) is 5.17. The van der Waals surface area contributed by atoms with Gasteiger partial charge in [0.1, 0.15) is 0 Å². The molecule has 0 aromatic heterocycles. The third kappa shape index (κ3) is 6.41. The first-order chi connectivity index (χ1) is 21.1. The maximum absolute atomic E-state index is 8.89. The van der Waals surface area contributed by atoms with Crippen molar-refractivity contribution in [1.82, 2.24) is 4.17 Å². The number of aliphatic carboxylic acids is 1. The molecule has 0 heterocycles. The number of rotatable bonds is 6. The molecular weight excluding hydrogens is 564 g/mol. The normalized spacial score (nSPS) is 11.0. The maximum Gasteiger partial charge on any atom is 0.301 e. The Kier molecular flexibility index (Phi) is 9.73. The molecule has 0 aliphatic rings. The fourth-order valence-electron chi connectivity index (χ4n) is 5.27. The monoisotopic (exact) mass is 597 g/mol. The van der Waals surface area contributed by atoms with E-state index in [0.717, 1.165) is 6.92 Å². The van der Waals surface area contributed by atoms with Crippen LogP contribution >= 0.6 is 14.1 Å². The van der Waals surface area contributed by atoms with Crippen molar-refractivity contribution in [3.05, 3.63) is 182 Å². The Hall–Kier alpha value is -4.64. The van der Waals surface area contributed by atoms with E-state index in [4.69, 9.17) is 14.1 Å². The van der Waals surface area contributed by atoms with Crippen LogP contribution in [0.4, 0.5) is 0 Å². The molecule has 212 valence electrons. The number of carboxylic acid groups (broad SMARTS) is 1. The summed E-state index contributed by atoms with van der Waals surface area (Å²) in [6.45, 7) is 0.972.